The van der Waals surface area contributed by atoms with Gasteiger partial charge in [-0.3, -0.25) is 0 Å². The van der Waals surface area contributed by atoms with Crippen LogP contribution in [0.3, 0.4) is 0 Å². The van der Waals surface area contributed by atoms with E-state index in [1.54, 1.807) is 0 Å². The van der Waals surface area contributed by atoms with E-state index in [9.17, 15) is 10.2 Å². The zero-order valence-electron chi connectivity index (χ0n) is 13.8. The summed E-state index contributed by atoms with van der Waals surface area (Å²) in [6, 6.07) is 0. The van der Waals surface area contributed by atoms with Gasteiger partial charge < -0.3 is 10.2 Å². The van der Waals surface area contributed by atoms with E-state index in [4.69, 9.17) is 0 Å². The molecule has 10 unspecified atom stereocenters. The largest absolute Gasteiger partial charge is 0.386 e. The highest BCUT2D eigenvalue weighted by Gasteiger charge is 3.10. The van der Waals surface area contributed by atoms with Gasteiger partial charge in [-0.05, 0) is 78.9 Å². The first kappa shape index (κ1) is 11.5. The molecule has 2 heteroatoms. The summed E-state index contributed by atoms with van der Waals surface area (Å²) in [6.07, 6.45) is 7.85. The third-order valence-corrected chi connectivity index (χ3v) is 13.0. The molecule has 10 saturated carbocycles. The fourth-order valence-corrected chi connectivity index (χ4v) is 14.4. The molecule has 4 bridgehead atoms. The molecule has 2 nitrogen and oxygen atoms in total. The highest BCUT2D eigenvalue weighted by Crippen LogP contribution is 3.07. The van der Waals surface area contributed by atoms with Gasteiger partial charge >= 0.3 is 0 Å². The monoisotopic (exact) mass is 310 g/mol. The first-order chi connectivity index (χ1) is 11.0. The fraction of sp³-hybridized carbons (Fsp3) is 1.00. The second-order valence-electron chi connectivity index (χ2n) is 11.6. The molecule has 0 aromatic heterocycles. The lowest BCUT2D eigenvalue weighted by Gasteiger charge is -2.51. The SMILES string of the molecule is C[C@]12C3C4C5C6C7CCCC7(C51)[C@@]1(O)C6C4C4(CCC[C@H]34)[C@@]21O. The lowest BCUT2D eigenvalue weighted by Crippen LogP contribution is -2.64. The maximum Gasteiger partial charge on any atom is 0.106 e. The Morgan fingerprint density at radius 2 is 1.52 bits per heavy atom. The van der Waals surface area contributed by atoms with Crippen molar-refractivity contribution >= 4 is 0 Å². The first-order valence-electron chi connectivity index (χ1n) is 10.5. The Morgan fingerprint density at radius 3 is 2.35 bits per heavy atom. The van der Waals surface area contributed by atoms with E-state index in [2.05, 4.69) is 6.92 Å². The van der Waals surface area contributed by atoms with Gasteiger partial charge in [-0.25, -0.2) is 0 Å². The molecular weight excluding hydrogens is 284 g/mol. The van der Waals surface area contributed by atoms with Crippen LogP contribution in [0.15, 0.2) is 0 Å². The van der Waals surface area contributed by atoms with E-state index in [0.717, 1.165) is 35.5 Å². The highest BCUT2D eigenvalue weighted by atomic mass is 16.4. The van der Waals surface area contributed by atoms with Crippen molar-refractivity contribution in [3.63, 3.8) is 0 Å². The van der Waals surface area contributed by atoms with Crippen molar-refractivity contribution in [2.75, 3.05) is 0 Å². The van der Waals surface area contributed by atoms with Gasteiger partial charge in [-0.2, -0.15) is 0 Å². The van der Waals surface area contributed by atoms with Crippen LogP contribution < -0.4 is 0 Å². The summed E-state index contributed by atoms with van der Waals surface area (Å²) in [5.41, 5.74) is -1.03. The van der Waals surface area contributed by atoms with E-state index < -0.39 is 11.2 Å². The Kier molecular flexibility index (Phi) is 1.21. The van der Waals surface area contributed by atoms with Gasteiger partial charge in [0, 0.05) is 16.2 Å². The molecule has 0 radical (unpaired) electrons. The molecule has 0 saturated heterocycles. The molecule has 10 fully saturated rings. The minimum atomic E-state index is -0.710. The van der Waals surface area contributed by atoms with E-state index in [-0.39, 0.29) is 16.2 Å². The second-order valence-corrected chi connectivity index (χ2v) is 11.6. The van der Waals surface area contributed by atoms with Gasteiger partial charge in [0.25, 0.3) is 0 Å². The summed E-state index contributed by atoms with van der Waals surface area (Å²) >= 11 is 0. The molecular formula is C21H26O2. The maximum absolute atomic E-state index is 12.6. The summed E-state index contributed by atoms with van der Waals surface area (Å²) in [7, 11) is 0. The van der Waals surface area contributed by atoms with Gasteiger partial charge in [0.2, 0.25) is 0 Å². The average molecular weight is 310 g/mol. The predicted molar refractivity (Wildman–Crippen MR) is 82.0 cm³/mol. The lowest BCUT2D eigenvalue weighted by atomic mass is 9.59. The zero-order valence-corrected chi connectivity index (χ0v) is 13.8. The Bertz CT molecular complexity index is 761. The Morgan fingerprint density at radius 1 is 0.783 bits per heavy atom. The standard InChI is InChI=1S/C21H26O2/c1-17-13-9-5-3-6-18(9)14-12(13)11-10-8-4-2-7-19(8,16(11)17)20(22,15(10)14)21(17,18)23/h8-16,22-23H,2-7H2,1H3/t8?,9-,10?,11?,12?,13?,14?,15?,16?,17+,18?,19?,20+,21+/m1/s1. The minimum absolute atomic E-state index is 0.0707. The van der Waals surface area contributed by atoms with E-state index >= 15 is 0 Å². The molecule has 10 aliphatic rings. The van der Waals surface area contributed by atoms with Crippen LogP contribution >= 0.6 is 0 Å². The third kappa shape index (κ3) is 0.532. The van der Waals surface area contributed by atoms with Crippen LogP contribution in [-0.4, -0.2) is 21.4 Å². The highest BCUT2D eigenvalue weighted by molar-refractivity contribution is 5.58. The third-order valence-electron chi connectivity index (χ3n) is 13.0. The van der Waals surface area contributed by atoms with Crippen LogP contribution in [0.2, 0.25) is 0 Å². The number of rotatable bonds is 0. The molecule has 2 N–H and O–H groups in total. The van der Waals surface area contributed by atoms with E-state index in [1.165, 1.54) is 38.5 Å². The van der Waals surface area contributed by atoms with Gasteiger partial charge in [0.1, 0.15) is 11.2 Å². The molecule has 122 valence electrons. The minimum Gasteiger partial charge on any atom is -0.386 e. The van der Waals surface area contributed by atoms with Crippen LogP contribution in [0.5, 0.6) is 0 Å². The van der Waals surface area contributed by atoms with Crippen molar-refractivity contribution in [2.45, 2.75) is 56.7 Å². The van der Waals surface area contributed by atoms with Gasteiger partial charge in [-0.15, -0.1) is 0 Å². The van der Waals surface area contributed by atoms with E-state index in [1.807, 2.05) is 0 Å². The van der Waals surface area contributed by atoms with Crippen LogP contribution in [0, 0.1) is 69.5 Å². The summed E-state index contributed by atoms with van der Waals surface area (Å²) in [5.74, 6) is 6.85. The van der Waals surface area contributed by atoms with Crippen LogP contribution in [0.25, 0.3) is 0 Å². The number of aliphatic hydroxyl groups is 2. The van der Waals surface area contributed by atoms with Crippen molar-refractivity contribution in [3.05, 3.63) is 0 Å². The molecule has 23 heavy (non-hydrogen) atoms. The van der Waals surface area contributed by atoms with Crippen LogP contribution in [-0.2, 0) is 0 Å². The quantitative estimate of drug-likeness (QED) is 0.721. The van der Waals surface area contributed by atoms with Crippen molar-refractivity contribution in [2.24, 2.45) is 69.5 Å². The van der Waals surface area contributed by atoms with Gasteiger partial charge in [-0.1, -0.05) is 19.8 Å². The smallest absolute Gasteiger partial charge is 0.106 e. The topological polar surface area (TPSA) is 40.5 Å². The average Bonchev–Trinajstić information content (AvgIpc) is 3.26. The molecule has 14 atom stereocenters. The normalized spacial score (nSPS) is 90.7. The summed E-state index contributed by atoms with van der Waals surface area (Å²) in [5, 5.41) is 25.1. The summed E-state index contributed by atoms with van der Waals surface area (Å²) in [6.45, 7) is 2.48. The van der Waals surface area contributed by atoms with Crippen molar-refractivity contribution in [1.29, 1.82) is 0 Å². The zero-order chi connectivity index (χ0) is 14.9. The van der Waals surface area contributed by atoms with Crippen molar-refractivity contribution in [3.8, 4) is 0 Å². The molecule has 0 heterocycles. The molecule has 10 aliphatic carbocycles. The Balaban J connectivity index is 1.55. The van der Waals surface area contributed by atoms with E-state index in [0.29, 0.717) is 17.8 Å². The Hall–Kier alpha value is -0.0800. The number of hydrogen-bond donors (Lipinski definition) is 2. The molecule has 0 aliphatic heterocycles. The summed E-state index contributed by atoms with van der Waals surface area (Å²) in [4.78, 5) is 0. The van der Waals surface area contributed by atoms with Crippen LogP contribution in [0.4, 0.5) is 0 Å². The second kappa shape index (κ2) is 2.42. The van der Waals surface area contributed by atoms with Gasteiger partial charge in [0.05, 0.1) is 0 Å². The van der Waals surface area contributed by atoms with Crippen molar-refractivity contribution in [1.82, 2.24) is 0 Å². The van der Waals surface area contributed by atoms with Gasteiger partial charge in [0.15, 0.2) is 0 Å². The summed E-state index contributed by atoms with van der Waals surface area (Å²) < 4.78 is 0. The molecule has 0 aromatic carbocycles. The first-order valence-corrected chi connectivity index (χ1v) is 10.5. The fourth-order valence-electron chi connectivity index (χ4n) is 14.4. The molecule has 0 amide bonds. The number of hydrogen-bond acceptors (Lipinski definition) is 2. The molecule has 2 spiro atoms. The maximum atomic E-state index is 12.6. The van der Waals surface area contributed by atoms with Crippen molar-refractivity contribution < 1.29 is 10.2 Å². The Labute approximate surface area is 137 Å². The molecule has 0 aromatic rings. The predicted octanol–water partition coefficient (Wildman–Crippen LogP) is 2.44. The molecule has 10 rings (SSSR count). The lowest BCUT2D eigenvalue weighted by molar-refractivity contribution is -0.224. The van der Waals surface area contributed by atoms with Crippen LogP contribution in [0.1, 0.15) is 45.4 Å².